The van der Waals surface area contributed by atoms with Crippen LogP contribution in [0.5, 0.6) is 0 Å². The molecule has 0 aliphatic carbocycles. The number of nitrogens with one attached hydrogen (secondary N) is 2. The summed E-state index contributed by atoms with van der Waals surface area (Å²) in [4.78, 5) is 22.9. The van der Waals surface area contributed by atoms with Crippen LogP contribution in [0.4, 0.5) is 48.1 Å². The second-order valence-electron chi connectivity index (χ2n) is 13.5. The molecule has 2 saturated heterocycles. The summed E-state index contributed by atoms with van der Waals surface area (Å²) in [5.41, 5.74) is 4.78. The lowest BCUT2D eigenvalue weighted by molar-refractivity contribution is -0.142. The smallest absolute Gasteiger partial charge is 0.384 e. The van der Waals surface area contributed by atoms with E-state index in [1.807, 2.05) is 11.0 Å². The number of piperazine rings is 1. The summed E-state index contributed by atoms with van der Waals surface area (Å²) in [7, 11) is -3.90. The molecule has 13 nitrogen and oxygen atoms in total. The number of alkyl halides is 6. The SMILES string of the molecule is NC(=O)CCNc1ccc(N2CCN(Cc3cccc(S(=O)(=O)N4CCC(Nc5ncc(C(F)(F)F)c(-c6cnn(CC(F)(F)F)c6)n5)CC4)c3)CC2)c(F)c1. The Bertz CT molecular complexity index is 2110. The molecule has 56 heavy (non-hydrogen) atoms. The van der Waals surface area contributed by atoms with Crippen LogP contribution in [0.1, 0.15) is 30.4 Å². The van der Waals surface area contributed by atoms with Gasteiger partial charge in [-0.1, -0.05) is 12.1 Å². The third kappa shape index (κ3) is 10.2. The number of carbonyl (C=O) groups is 1. The summed E-state index contributed by atoms with van der Waals surface area (Å²) < 4.78 is 124. The molecule has 6 rings (SSSR count). The van der Waals surface area contributed by atoms with E-state index in [4.69, 9.17) is 5.73 Å². The average Bonchev–Trinajstić information content (AvgIpc) is 3.59. The Labute approximate surface area is 317 Å². The molecule has 21 heteroatoms. The zero-order chi connectivity index (χ0) is 40.3. The molecule has 2 aliphatic rings. The number of rotatable bonds is 13. The second-order valence-corrected chi connectivity index (χ2v) is 15.5. The van der Waals surface area contributed by atoms with E-state index >= 15 is 0 Å². The van der Waals surface area contributed by atoms with Crippen LogP contribution in [0.25, 0.3) is 11.3 Å². The van der Waals surface area contributed by atoms with Crippen LogP contribution < -0.4 is 21.3 Å². The fourth-order valence-electron chi connectivity index (χ4n) is 6.62. The predicted molar refractivity (Wildman–Crippen MR) is 192 cm³/mol. The summed E-state index contributed by atoms with van der Waals surface area (Å²) in [5.74, 6) is -1.04. The summed E-state index contributed by atoms with van der Waals surface area (Å²) in [6.45, 7) is 1.83. The van der Waals surface area contributed by atoms with Crippen LogP contribution in [0, 0.1) is 5.82 Å². The zero-order valence-electron chi connectivity index (χ0n) is 29.8. The zero-order valence-corrected chi connectivity index (χ0v) is 30.6. The van der Waals surface area contributed by atoms with Crippen LogP contribution in [0.2, 0.25) is 0 Å². The number of aromatic nitrogens is 4. The maximum atomic E-state index is 14.9. The number of hydrogen-bond acceptors (Lipinski definition) is 10. The van der Waals surface area contributed by atoms with Gasteiger partial charge in [0.1, 0.15) is 17.9 Å². The molecule has 2 aliphatic heterocycles. The highest BCUT2D eigenvalue weighted by Gasteiger charge is 2.37. The fourth-order valence-corrected chi connectivity index (χ4v) is 8.16. The molecule has 0 saturated carbocycles. The summed E-state index contributed by atoms with van der Waals surface area (Å²) >= 11 is 0. The van der Waals surface area contributed by atoms with Gasteiger partial charge in [-0.2, -0.15) is 35.7 Å². The number of primary amides is 1. The first kappa shape index (κ1) is 40.6. The summed E-state index contributed by atoms with van der Waals surface area (Å²) in [6.07, 6.45) is -6.59. The van der Waals surface area contributed by atoms with Gasteiger partial charge in [0.2, 0.25) is 21.9 Å². The molecule has 2 aromatic carbocycles. The monoisotopic (exact) mass is 812 g/mol. The molecule has 0 unspecified atom stereocenters. The van der Waals surface area contributed by atoms with Gasteiger partial charge in [0, 0.05) is 88.5 Å². The van der Waals surface area contributed by atoms with E-state index in [1.165, 1.54) is 16.4 Å². The Hall–Kier alpha value is -5.02. The van der Waals surface area contributed by atoms with Crippen LogP contribution >= 0.6 is 0 Å². The number of amides is 1. The topological polar surface area (TPSA) is 155 Å². The van der Waals surface area contributed by atoms with E-state index in [1.54, 1.807) is 24.3 Å². The maximum Gasteiger partial charge on any atom is 0.419 e. The van der Waals surface area contributed by atoms with Gasteiger partial charge >= 0.3 is 12.4 Å². The first-order valence-corrected chi connectivity index (χ1v) is 19.1. The van der Waals surface area contributed by atoms with Crippen molar-refractivity contribution in [2.24, 2.45) is 5.73 Å². The minimum Gasteiger partial charge on any atom is -0.384 e. The van der Waals surface area contributed by atoms with E-state index in [0.717, 1.165) is 18.0 Å². The van der Waals surface area contributed by atoms with Gasteiger partial charge in [0.05, 0.1) is 22.5 Å². The number of anilines is 3. The third-order valence-corrected chi connectivity index (χ3v) is 11.3. The van der Waals surface area contributed by atoms with E-state index in [0.29, 0.717) is 61.5 Å². The van der Waals surface area contributed by atoms with Gasteiger partial charge < -0.3 is 21.3 Å². The lowest BCUT2D eigenvalue weighted by Gasteiger charge is -2.36. The van der Waals surface area contributed by atoms with Crippen molar-refractivity contribution in [1.82, 2.24) is 29.0 Å². The first-order valence-electron chi connectivity index (χ1n) is 17.6. The largest absolute Gasteiger partial charge is 0.419 e. The molecule has 2 fully saturated rings. The molecular formula is C35H39F7N10O3S. The van der Waals surface area contributed by atoms with Crippen molar-refractivity contribution >= 4 is 33.3 Å². The molecule has 1 amide bonds. The Kier molecular flexibility index (Phi) is 12.0. The first-order chi connectivity index (χ1) is 26.4. The van der Waals surface area contributed by atoms with E-state index in [-0.39, 0.29) is 48.8 Å². The van der Waals surface area contributed by atoms with Gasteiger partial charge in [-0.05, 0) is 48.7 Å². The number of nitrogens with zero attached hydrogens (tertiary/aromatic N) is 7. The number of carbonyl (C=O) groups excluding carboxylic acids is 1. The molecule has 0 bridgehead atoms. The van der Waals surface area contributed by atoms with Crippen molar-refractivity contribution in [3.05, 3.63) is 78.0 Å². The quantitative estimate of drug-likeness (QED) is 0.158. The highest BCUT2D eigenvalue weighted by atomic mass is 32.2. The van der Waals surface area contributed by atoms with Gasteiger partial charge in [-0.15, -0.1) is 0 Å². The number of halogens is 7. The van der Waals surface area contributed by atoms with Gasteiger partial charge in [0.25, 0.3) is 0 Å². The molecule has 2 aromatic heterocycles. The second kappa shape index (κ2) is 16.6. The third-order valence-electron chi connectivity index (χ3n) is 9.43. The molecule has 4 aromatic rings. The standard InChI is InChI=1S/C35H39F7N10O3S/c36-29-17-26(44-9-6-31(43)53)4-5-30(29)50-14-12-49(13-15-50)20-23-2-1-3-27(16-23)56(54,55)52-10-7-25(8-11-52)47-33-45-19-28(35(40,41)42)32(48-33)24-18-46-51(21-24)22-34(37,38)39/h1-5,16-19,21,25,44H,6-15,20,22H2,(H2,43,53)(H,45,47,48). The predicted octanol–water partition coefficient (Wildman–Crippen LogP) is 4.94. The van der Waals surface area contributed by atoms with Crippen molar-refractivity contribution in [2.75, 3.05) is 61.3 Å². The molecule has 4 N–H and O–H groups in total. The lowest BCUT2D eigenvalue weighted by Crippen LogP contribution is -2.46. The Morgan fingerprint density at radius 2 is 1.68 bits per heavy atom. The van der Waals surface area contributed by atoms with Crippen molar-refractivity contribution in [2.45, 2.75) is 55.6 Å². The summed E-state index contributed by atoms with van der Waals surface area (Å²) in [5, 5.41) is 9.44. The molecular weight excluding hydrogens is 774 g/mol. The number of sulfonamides is 1. The lowest BCUT2D eigenvalue weighted by atomic mass is 10.1. The maximum absolute atomic E-state index is 14.9. The van der Waals surface area contributed by atoms with Crippen LogP contribution in [0.3, 0.4) is 0 Å². The van der Waals surface area contributed by atoms with Crippen molar-refractivity contribution in [3.63, 3.8) is 0 Å². The van der Waals surface area contributed by atoms with Gasteiger partial charge in [-0.25, -0.2) is 22.8 Å². The Morgan fingerprint density at radius 1 is 0.946 bits per heavy atom. The van der Waals surface area contributed by atoms with Crippen LogP contribution in [0.15, 0.2) is 66.0 Å². The molecule has 0 spiro atoms. The van der Waals surface area contributed by atoms with Crippen LogP contribution in [-0.2, 0) is 34.1 Å². The number of piperidine rings is 1. The van der Waals surface area contributed by atoms with E-state index in [9.17, 15) is 43.9 Å². The van der Waals surface area contributed by atoms with E-state index < -0.39 is 57.9 Å². The van der Waals surface area contributed by atoms with Crippen molar-refractivity contribution < 1.29 is 43.9 Å². The van der Waals surface area contributed by atoms with Gasteiger partial charge in [0.15, 0.2) is 0 Å². The fraction of sp³-hybridized carbons (Fsp3) is 0.429. The normalized spacial score (nSPS) is 16.6. The molecule has 4 heterocycles. The van der Waals surface area contributed by atoms with Crippen molar-refractivity contribution in [1.29, 1.82) is 0 Å². The Balaban J connectivity index is 1.03. The Morgan fingerprint density at radius 3 is 2.34 bits per heavy atom. The minimum atomic E-state index is -4.89. The number of benzene rings is 2. The molecule has 0 atom stereocenters. The number of hydrogen-bond donors (Lipinski definition) is 3. The number of nitrogens with two attached hydrogens (primary N) is 1. The average molecular weight is 813 g/mol. The molecule has 302 valence electrons. The summed E-state index contributed by atoms with van der Waals surface area (Å²) in [6, 6.07) is 11.1. The highest BCUT2D eigenvalue weighted by molar-refractivity contribution is 7.89. The molecule has 0 radical (unpaired) electrons. The van der Waals surface area contributed by atoms with Crippen LogP contribution in [-0.4, -0.2) is 101 Å². The minimum absolute atomic E-state index is 0.102. The highest BCUT2D eigenvalue weighted by Crippen LogP contribution is 2.36. The van der Waals surface area contributed by atoms with Gasteiger partial charge in [-0.3, -0.25) is 14.4 Å². The van der Waals surface area contributed by atoms with Crippen molar-refractivity contribution in [3.8, 4) is 11.3 Å². The van der Waals surface area contributed by atoms with E-state index in [2.05, 4.69) is 30.6 Å².